The van der Waals surface area contributed by atoms with Gasteiger partial charge in [0.25, 0.3) is 5.91 Å². The Morgan fingerprint density at radius 2 is 1.56 bits per heavy atom. The SMILES string of the molecule is COc1cccc(C(=O)N2C[C@H](C(=O)N3CCCC3)[C@@H](c3ccc(OC)cc3OC)C2)c1. The molecular weight excluding hydrogens is 408 g/mol. The molecule has 2 amide bonds. The maximum atomic E-state index is 13.5. The number of nitrogens with zero attached hydrogens (tertiary/aromatic N) is 2. The van der Waals surface area contributed by atoms with Gasteiger partial charge in [-0.1, -0.05) is 12.1 Å². The van der Waals surface area contributed by atoms with E-state index in [1.165, 1.54) is 0 Å². The lowest BCUT2D eigenvalue weighted by Crippen LogP contribution is -2.37. The van der Waals surface area contributed by atoms with Crippen molar-refractivity contribution in [3.8, 4) is 17.2 Å². The van der Waals surface area contributed by atoms with Crippen molar-refractivity contribution in [3.05, 3.63) is 53.6 Å². The fraction of sp³-hybridized carbons (Fsp3) is 0.440. The number of amides is 2. The smallest absolute Gasteiger partial charge is 0.254 e. The minimum absolute atomic E-state index is 0.0990. The minimum Gasteiger partial charge on any atom is -0.497 e. The molecule has 7 heteroatoms. The lowest BCUT2D eigenvalue weighted by Gasteiger charge is -2.25. The van der Waals surface area contributed by atoms with Crippen LogP contribution in [0.15, 0.2) is 42.5 Å². The van der Waals surface area contributed by atoms with Crippen LogP contribution in [0.4, 0.5) is 0 Å². The molecule has 2 saturated heterocycles. The summed E-state index contributed by atoms with van der Waals surface area (Å²) in [7, 11) is 4.80. The first-order valence-corrected chi connectivity index (χ1v) is 11.0. The fourth-order valence-electron chi connectivity index (χ4n) is 4.77. The van der Waals surface area contributed by atoms with Crippen LogP contribution in [0.5, 0.6) is 17.2 Å². The first-order valence-electron chi connectivity index (χ1n) is 11.0. The number of rotatable bonds is 6. The van der Waals surface area contributed by atoms with Gasteiger partial charge in [0.2, 0.25) is 5.91 Å². The van der Waals surface area contributed by atoms with Crippen molar-refractivity contribution in [2.75, 3.05) is 47.5 Å². The predicted molar refractivity (Wildman–Crippen MR) is 120 cm³/mol. The second-order valence-electron chi connectivity index (χ2n) is 8.30. The van der Waals surface area contributed by atoms with E-state index in [0.717, 1.165) is 31.5 Å². The molecule has 0 aliphatic carbocycles. The lowest BCUT2D eigenvalue weighted by atomic mass is 9.87. The van der Waals surface area contributed by atoms with E-state index in [1.807, 2.05) is 29.2 Å². The van der Waals surface area contributed by atoms with Crippen molar-refractivity contribution in [2.45, 2.75) is 18.8 Å². The van der Waals surface area contributed by atoms with Crippen LogP contribution in [0.1, 0.15) is 34.7 Å². The van der Waals surface area contributed by atoms with Crippen molar-refractivity contribution < 1.29 is 23.8 Å². The molecule has 2 atom stereocenters. The minimum atomic E-state index is -0.315. The summed E-state index contributed by atoms with van der Waals surface area (Å²) >= 11 is 0. The molecule has 0 bridgehead atoms. The Hall–Kier alpha value is -3.22. The molecule has 2 aromatic carbocycles. The molecule has 0 N–H and O–H groups in total. The van der Waals surface area contributed by atoms with Crippen molar-refractivity contribution in [2.24, 2.45) is 5.92 Å². The van der Waals surface area contributed by atoms with E-state index < -0.39 is 0 Å². The van der Waals surface area contributed by atoms with E-state index >= 15 is 0 Å². The number of ether oxygens (including phenoxy) is 3. The highest BCUT2D eigenvalue weighted by Crippen LogP contribution is 2.40. The molecule has 2 heterocycles. The summed E-state index contributed by atoms with van der Waals surface area (Å²) in [4.78, 5) is 30.5. The highest BCUT2D eigenvalue weighted by atomic mass is 16.5. The first-order chi connectivity index (χ1) is 15.5. The number of benzene rings is 2. The van der Waals surface area contributed by atoms with E-state index in [-0.39, 0.29) is 23.7 Å². The van der Waals surface area contributed by atoms with E-state index in [0.29, 0.717) is 35.9 Å². The van der Waals surface area contributed by atoms with Crippen LogP contribution in [0, 0.1) is 5.92 Å². The van der Waals surface area contributed by atoms with Crippen LogP contribution in [0.2, 0.25) is 0 Å². The molecule has 170 valence electrons. The molecule has 0 radical (unpaired) electrons. The topological polar surface area (TPSA) is 68.3 Å². The van der Waals surface area contributed by atoms with Gasteiger partial charge in [0.05, 0.1) is 27.2 Å². The molecule has 0 saturated carbocycles. The van der Waals surface area contributed by atoms with Crippen LogP contribution in [0.25, 0.3) is 0 Å². The molecule has 7 nitrogen and oxygen atoms in total. The van der Waals surface area contributed by atoms with E-state index in [4.69, 9.17) is 14.2 Å². The zero-order valence-electron chi connectivity index (χ0n) is 18.9. The monoisotopic (exact) mass is 438 g/mol. The van der Waals surface area contributed by atoms with Gasteiger partial charge in [-0.3, -0.25) is 9.59 Å². The number of carbonyl (C=O) groups excluding carboxylic acids is 2. The van der Waals surface area contributed by atoms with Crippen LogP contribution in [0.3, 0.4) is 0 Å². The molecular formula is C25H30N2O5. The third-order valence-electron chi connectivity index (χ3n) is 6.50. The summed E-state index contributed by atoms with van der Waals surface area (Å²) in [5.74, 6) is 1.54. The number of methoxy groups -OCH3 is 3. The Morgan fingerprint density at radius 3 is 2.25 bits per heavy atom. The molecule has 32 heavy (non-hydrogen) atoms. The molecule has 2 aliphatic heterocycles. The van der Waals surface area contributed by atoms with Crippen molar-refractivity contribution >= 4 is 11.8 Å². The number of carbonyl (C=O) groups is 2. The van der Waals surface area contributed by atoms with E-state index in [1.54, 1.807) is 44.4 Å². The van der Waals surface area contributed by atoms with Gasteiger partial charge in [0.15, 0.2) is 0 Å². The molecule has 0 spiro atoms. The summed E-state index contributed by atoms with van der Waals surface area (Å²) in [6.07, 6.45) is 2.06. The zero-order valence-corrected chi connectivity index (χ0v) is 18.9. The van der Waals surface area contributed by atoms with Gasteiger partial charge in [-0.05, 0) is 37.1 Å². The van der Waals surface area contributed by atoms with Crippen molar-refractivity contribution in [1.29, 1.82) is 0 Å². The molecule has 2 aromatic rings. The fourth-order valence-corrected chi connectivity index (χ4v) is 4.77. The average molecular weight is 439 g/mol. The Morgan fingerprint density at radius 1 is 0.844 bits per heavy atom. The number of likely N-dealkylation sites (tertiary alicyclic amines) is 2. The second kappa shape index (κ2) is 9.51. The summed E-state index contributed by atoms with van der Waals surface area (Å²) in [5.41, 5.74) is 1.48. The summed E-state index contributed by atoms with van der Waals surface area (Å²) in [5, 5.41) is 0. The Bertz CT molecular complexity index is 986. The second-order valence-corrected chi connectivity index (χ2v) is 8.30. The van der Waals surface area contributed by atoms with Gasteiger partial charge in [-0.2, -0.15) is 0 Å². The predicted octanol–water partition coefficient (Wildman–Crippen LogP) is 3.19. The third kappa shape index (κ3) is 4.24. The Labute approximate surface area is 188 Å². The maximum Gasteiger partial charge on any atom is 0.254 e. The zero-order chi connectivity index (χ0) is 22.7. The third-order valence-corrected chi connectivity index (χ3v) is 6.50. The van der Waals surface area contributed by atoms with Gasteiger partial charge >= 0.3 is 0 Å². The highest BCUT2D eigenvalue weighted by molar-refractivity contribution is 5.95. The van der Waals surface area contributed by atoms with Gasteiger partial charge in [-0.25, -0.2) is 0 Å². The summed E-state index contributed by atoms with van der Waals surface area (Å²) < 4.78 is 16.3. The first kappa shape index (κ1) is 22.0. The Kier molecular flexibility index (Phi) is 6.53. The van der Waals surface area contributed by atoms with Crippen molar-refractivity contribution in [1.82, 2.24) is 9.80 Å². The normalized spacial score (nSPS) is 20.3. The highest BCUT2D eigenvalue weighted by Gasteiger charge is 2.43. The molecule has 2 fully saturated rings. The number of hydrogen-bond acceptors (Lipinski definition) is 5. The summed E-state index contributed by atoms with van der Waals surface area (Å²) in [6.45, 7) is 2.39. The number of hydrogen-bond donors (Lipinski definition) is 0. The van der Waals surface area contributed by atoms with Gasteiger partial charge in [0, 0.05) is 49.3 Å². The van der Waals surface area contributed by atoms with Gasteiger partial charge in [-0.15, -0.1) is 0 Å². The van der Waals surface area contributed by atoms with E-state index in [2.05, 4.69) is 0 Å². The lowest BCUT2D eigenvalue weighted by molar-refractivity contribution is -0.134. The largest absolute Gasteiger partial charge is 0.497 e. The molecule has 2 aliphatic rings. The quantitative estimate of drug-likeness (QED) is 0.693. The molecule has 0 unspecified atom stereocenters. The van der Waals surface area contributed by atoms with Crippen LogP contribution < -0.4 is 14.2 Å². The van der Waals surface area contributed by atoms with Gasteiger partial charge in [0.1, 0.15) is 17.2 Å². The van der Waals surface area contributed by atoms with Crippen LogP contribution in [-0.2, 0) is 4.79 Å². The molecule has 0 aromatic heterocycles. The Balaban J connectivity index is 1.66. The maximum absolute atomic E-state index is 13.5. The van der Waals surface area contributed by atoms with Crippen molar-refractivity contribution in [3.63, 3.8) is 0 Å². The van der Waals surface area contributed by atoms with E-state index in [9.17, 15) is 9.59 Å². The average Bonchev–Trinajstić information content (AvgIpc) is 3.53. The van der Waals surface area contributed by atoms with Gasteiger partial charge < -0.3 is 24.0 Å². The molecule has 4 rings (SSSR count). The van der Waals surface area contributed by atoms with Crippen LogP contribution >= 0.6 is 0 Å². The van der Waals surface area contributed by atoms with Crippen LogP contribution in [-0.4, -0.2) is 69.1 Å². The summed E-state index contributed by atoms with van der Waals surface area (Å²) in [6, 6.07) is 12.8. The standard InChI is InChI=1S/C25H30N2O5/c1-30-18-8-6-7-17(13-18)24(28)27-15-21(20-10-9-19(31-2)14-23(20)32-3)22(16-27)25(29)26-11-4-5-12-26/h6-10,13-14,21-22H,4-5,11-12,15-16H2,1-3H3/t21-,22+/m1/s1.